The zero-order valence-corrected chi connectivity index (χ0v) is 12.0. The fraction of sp³-hybridized carbons (Fsp3) is 0.417. The molecule has 0 radical (unpaired) electrons. The Balaban J connectivity index is 1.65. The van der Waals surface area contributed by atoms with E-state index < -0.39 is 0 Å². The highest BCUT2D eigenvalue weighted by molar-refractivity contribution is 8.14. The van der Waals surface area contributed by atoms with Crippen LogP contribution < -0.4 is 5.32 Å². The van der Waals surface area contributed by atoms with Crippen molar-refractivity contribution in [3.8, 4) is 0 Å². The molecular weight excluding hydrogens is 272 g/mol. The molecule has 0 saturated heterocycles. The molecular formula is C12H15ClN2S2. The highest BCUT2D eigenvalue weighted by Gasteiger charge is 2.13. The third-order valence-electron chi connectivity index (χ3n) is 2.27. The predicted octanol–water partition coefficient (Wildman–Crippen LogP) is 3.51. The van der Waals surface area contributed by atoms with Crippen LogP contribution in [-0.2, 0) is 0 Å². The van der Waals surface area contributed by atoms with E-state index in [1.807, 2.05) is 35.7 Å². The first-order valence-electron chi connectivity index (χ1n) is 5.57. The van der Waals surface area contributed by atoms with Crippen LogP contribution in [0.5, 0.6) is 0 Å². The number of aliphatic imine (C=N–C) groups is 1. The quantitative estimate of drug-likeness (QED) is 0.677. The summed E-state index contributed by atoms with van der Waals surface area (Å²) in [7, 11) is 0. The van der Waals surface area contributed by atoms with Crippen molar-refractivity contribution in [3.05, 3.63) is 29.3 Å². The molecule has 0 fully saturated rings. The zero-order valence-electron chi connectivity index (χ0n) is 9.65. The van der Waals surface area contributed by atoms with Gasteiger partial charge in [-0.3, -0.25) is 4.99 Å². The predicted molar refractivity (Wildman–Crippen MR) is 79.5 cm³/mol. The van der Waals surface area contributed by atoms with Crippen LogP contribution in [0.1, 0.15) is 6.92 Å². The minimum absolute atomic E-state index is 0.626. The molecule has 92 valence electrons. The van der Waals surface area contributed by atoms with Gasteiger partial charge in [-0.25, -0.2) is 0 Å². The van der Waals surface area contributed by atoms with Gasteiger partial charge in [0, 0.05) is 27.5 Å². The second-order valence-electron chi connectivity index (χ2n) is 3.80. The molecule has 1 aliphatic heterocycles. The van der Waals surface area contributed by atoms with Gasteiger partial charge in [-0.05, 0) is 24.3 Å². The number of halogens is 1. The average Bonchev–Trinajstić information content (AvgIpc) is 2.73. The molecule has 0 unspecified atom stereocenters. The first kappa shape index (κ1) is 13.1. The normalized spacial score (nSPS) is 19.2. The van der Waals surface area contributed by atoms with Gasteiger partial charge in [0.05, 0.1) is 6.54 Å². The largest absolute Gasteiger partial charge is 0.364 e. The zero-order chi connectivity index (χ0) is 12.1. The Morgan fingerprint density at radius 1 is 1.47 bits per heavy atom. The highest BCUT2D eigenvalue weighted by atomic mass is 35.5. The van der Waals surface area contributed by atoms with E-state index >= 15 is 0 Å². The maximum Gasteiger partial charge on any atom is 0.156 e. The molecule has 0 amide bonds. The molecule has 1 N–H and O–H groups in total. The monoisotopic (exact) mass is 286 g/mol. The minimum atomic E-state index is 0.626. The van der Waals surface area contributed by atoms with Crippen LogP contribution in [0.4, 0.5) is 0 Å². The molecule has 1 aromatic rings. The van der Waals surface area contributed by atoms with Gasteiger partial charge in [0.25, 0.3) is 0 Å². The Morgan fingerprint density at radius 3 is 2.88 bits per heavy atom. The number of nitrogens with zero attached hydrogens (tertiary/aromatic N) is 1. The number of hydrogen-bond donors (Lipinski definition) is 1. The van der Waals surface area contributed by atoms with Crippen molar-refractivity contribution in [1.82, 2.24) is 5.32 Å². The Bertz CT molecular complexity index is 392. The summed E-state index contributed by atoms with van der Waals surface area (Å²) < 4.78 is 0. The summed E-state index contributed by atoms with van der Waals surface area (Å²) in [5, 5.41) is 5.87. The summed E-state index contributed by atoms with van der Waals surface area (Å²) in [5.74, 6) is 1.04. The van der Waals surface area contributed by atoms with Crippen LogP contribution in [0.25, 0.3) is 0 Å². The summed E-state index contributed by atoms with van der Waals surface area (Å²) in [6.07, 6.45) is 0. The van der Waals surface area contributed by atoms with Gasteiger partial charge in [0.1, 0.15) is 0 Å². The maximum atomic E-state index is 5.83. The van der Waals surface area contributed by atoms with Gasteiger partial charge in [0.2, 0.25) is 0 Å². The van der Waals surface area contributed by atoms with Crippen LogP contribution in [0, 0.1) is 0 Å². The lowest BCUT2D eigenvalue weighted by atomic mass is 10.4. The maximum absolute atomic E-state index is 5.83. The van der Waals surface area contributed by atoms with E-state index in [1.165, 1.54) is 4.90 Å². The van der Waals surface area contributed by atoms with Gasteiger partial charge in [-0.15, -0.1) is 11.8 Å². The average molecular weight is 287 g/mol. The number of benzene rings is 1. The lowest BCUT2D eigenvalue weighted by Crippen LogP contribution is -2.21. The fourth-order valence-electron chi connectivity index (χ4n) is 1.43. The van der Waals surface area contributed by atoms with Gasteiger partial charge in [-0.2, -0.15) is 0 Å². The molecule has 1 heterocycles. The van der Waals surface area contributed by atoms with E-state index in [0.717, 1.165) is 29.0 Å². The second kappa shape index (κ2) is 6.57. The molecule has 5 heteroatoms. The molecule has 2 nitrogen and oxygen atoms in total. The molecule has 0 aliphatic carbocycles. The van der Waals surface area contributed by atoms with Crippen molar-refractivity contribution in [2.24, 2.45) is 4.99 Å². The van der Waals surface area contributed by atoms with Crippen LogP contribution in [-0.4, -0.2) is 29.3 Å². The Labute approximate surface area is 116 Å². The van der Waals surface area contributed by atoms with Crippen LogP contribution >= 0.6 is 35.1 Å². The lowest BCUT2D eigenvalue weighted by Gasteiger charge is -2.05. The van der Waals surface area contributed by atoms with Crippen molar-refractivity contribution in [2.45, 2.75) is 17.1 Å². The third kappa shape index (κ3) is 4.45. The molecule has 0 saturated carbocycles. The van der Waals surface area contributed by atoms with Crippen molar-refractivity contribution in [3.63, 3.8) is 0 Å². The Kier molecular flexibility index (Phi) is 5.07. The SMILES string of the molecule is C[C@H]1CN=C(NCCSc2ccc(Cl)cc2)S1. The number of rotatable bonds is 4. The first-order chi connectivity index (χ1) is 8.24. The highest BCUT2D eigenvalue weighted by Crippen LogP contribution is 2.21. The third-order valence-corrected chi connectivity index (χ3v) is 4.58. The van der Waals surface area contributed by atoms with Crippen molar-refractivity contribution in [2.75, 3.05) is 18.8 Å². The van der Waals surface area contributed by atoms with E-state index in [0.29, 0.717) is 5.25 Å². The van der Waals surface area contributed by atoms with E-state index in [-0.39, 0.29) is 0 Å². The first-order valence-corrected chi connectivity index (χ1v) is 7.82. The van der Waals surface area contributed by atoms with Crippen LogP contribution in [0.15, 0.2) is 34.2 Å². The van der Waals surface area contributed by atoms with Crippen molar-refractivity contribution in [1.29, 1.82) is 0 Å². The Morgan fingerprint density at radius 2 is 2.24 bits per heavy atom. The van der Waals surface area contributed by atoms with Gasteiger partial charge in [0.15, 0.2) is 5.17 Å². The summed E-state index contributed by atoms with van der Waals surface area (Å²) in [6, 6.07) is 7.96. The van der Waals surface area contributed by atoms with E-state index in [2.05, 4.69) is 29.4 Å². The van der Waals surface area contributed by atoms with E-state index in [4.69, 9.17) is 11.6 Å². The number of nitrogens with one attached hydrogen (secondary N) is 1. The van der Waals surface area contributed by atoms with Gasteiger partial charge < -0.3 is 5.32 Å². The molecule has 1 aliphatic rings. The van der Waals surface area contributed by atoms with Gasteiger partial charge >= 0.3 is 0 Å². The molecule has 2 rings (SSSR count). The van der Waals surface area contributed by atoms with E-state index in [9.17, 15) is 0 Å². The van der Waals surface area contributed by atoms with Crippen LogP contribution in [0.3, 0.4) is 0 Å². The number of thioether (sulfide) groups is 2. The topological polar surface area (TPSA) is 24.4 Å². The van der Waals surface area contributed by atoms with Gasteiger partial charge in [-0.1, -0.05) is 30.3 Å². The smallest absolute Gasteiger partial charge is 0.156 e. The summed E-state index contributed by atoms with van der Waals surface area (Å²) >= 11 is 9.49. The minimum Gasteiger partial charge on any atom is -0.364 e. The van der Waals surface area contributed by atoms with Crippen molar-refractivity contribution < 1.29 is 0 Å². The fourth-order valence-corrected chi connectivity index (χ4v) is 3.19. The van der Waals surface area contributed by atoms with Crippen molar-refractivity contribution >= 4 is 40.3 Å². The Hall–Kier alpha value is -0.320. The summed E-state index contributed by atoms with van der Waals surface area (Å²) in [4.78, 5) is 5.67. The lowest BCUT2D eigenvalue weighted by molar-refractivity contribution is 0.950. The molecule has 1 aromatic carbocycles. The molecule has 0 bridgehead atoms. The van der Waals surface area contributed by atoms with E-state index in [1.54, 1.807) is 0 Å². The van der Waals surface area contributed by atoms with Crippen LogP contribution in [0.2, 0.25) is 5.02 Å². The molecule has 1 atom stereocenters. The number of hydrogen-bond acceptors (Lipinski definition) is 4. The molecule has 17 heavy (non-hydrogen) atoms. The summed E-state index contributed by atoms with van der Waals surface area (Å²) in [5.41, 5.74) is 0. The standard InChI is InChI=1S/C12H15ClN2S2/c1-9-8-15-12(17-9)14-6-7-16-11-4-2-10(13)3-5-11/h2-5,9H,6-8H2,1H3,(H,14,15)/t9-/m0/s1. The summed E-state index contributed by atoms with van der Waals surface area (Å²) in [6.45, 7) is 4.09. The molecule has 0 spiro atoms. The molecule has 0 aromatic heterocycles. The second-order valence-corrected chi connectivity index (χ2v) is 6.84. The number of amidine groups is 1.